The lowest BCUT2D eigenvalue weighted by molar-refractivity contribution is -0.384. The molecule has 0 radical (unpaired) electrons. The SMILES string of the molecule is Cc1ccc(NC(=O)c2cnn3c(C(F)F)cc(C)nc23)c([N+](=O)[O-])c1. The minimum atomic E-state index is -2.80. The zero-order valence-electron chi connectivity index (χ0n) is 13.7. The van der Waals surface area contributed by atoms with Gasteiger partial charge in [0.2, 0.25) is 0 Å². The first-order chi connectivity index (χ1) is 12.3. The number of nitrogens with one attached hydrogen (secondary N) is 1. The van der Waals surface area contributed by atoms with E-state index in [9.17, 15) is 23.7 Å². The number of nitro benzene ring substituents is 1. The Morgan fingerprint density at radius 1 is 1.31 bits per heavy atom. The molecule has 3 aromatic rings. The molecule has 2 heterocycles. The van der Waals surface area contributed by atoms with Crippen LogP contribution in [0.4, 0.5) is 20.2 Å². The van der Waals surface area contributed by atoms with E-state index in [1.165, 1.54) is 25.1 Å². The van der Waals surface area contributed by atoms with Crippen LogP contribution in [0.2, 0.25) is 0 Å². The summed E-state index contributed by atoms with van der Waals surface area (Å²) in [5, 5.41) is 17.4. The zero-order chi connectivity index (χ0) is 19.0. The lowest BCUT2D eigenvalue weighted by Crippen LogP contribution is -2.14. The second kappa shape index (κ2) is 6.47. The van der Waals surface area contributed by atoms with Crippen molar-refractivity contribution in [3.05, 3.63) is 63.1 Å². The molecule has 1 amide bonds. The molecule has 8 nitrogen and oxygen atoms in total. The minimum absolute atomic E-state index is 0.00770. The second-order valence-corrected chi connectivity index (χ2v) is 5.65. The summed E-state index contributed by atoms with van der Waals surface area (Å²) in [7, 11) is 0. The molecule has 26 heavy (non-hydrogen) atoms. The first kappa shape index (κ1) is 17.4. The summed E-state index contributed by atoms with van der Waals surface area (Å²) in [6.45, 7) is 3.20. The molecule has 0 saturated carbocycles. The van der Waals surface area contributed by atoms with Crippen molar-refractivity contribution in [1.82, 2.24) is 14.6 Å². The van der Waals surface area contributed by atoms with Gasteiger partial charge in [-0.25, -0.2) is 18.3 Å². The smallest absolute Gasteiger partial charge is 0.293 e. The van der Waals surface area contributed by atoms with E-state index in [2.05, 4.69) is 15.4 Å². The van der Waals surface area contributed by atoms with Gasteiger partial charge in [0.15, 0.2) is 5.65 Å². The number of fused-ring (bicyclic) bond motifs is 1. The maximum atomic E-state index is 13.1. The maximum absolute atomic E-state index is 13.1. The Morgan fingerprint density at radius 2 is 2.04 bits per heavy atom. The molecule has 10 heteroatoms. The molecule has 2 aromatic heterocycles. The summed E-state index contributed by atoms with van der Waals surface area (Å²) in [6.07, 6.45) is -1.70. The van der Waals surface area contributed by atoms with Crippen LogP contribution in [-0.2, 0) is 0 Å². The number of carbonyl (C=O) groups excluding carboxylic acids is 1. The Bertz CT molecular complexity index is 1030. The predicted molar refractivity (Wildman–Crippen MR) is 88.5 cm³/mol. The summed E-state index contributed by atoms with van der Waals surface area (Å²) in [4.78, 5) is 27.2. The van der Waals surface area contributed by atoms with E-state index >= 15 is 0 Å². The number of anilines is 1. The molecule has 0 bridgehead atoms. The van der Waals surface area contributed by atoms with Crippen molar-refractivity contribution in [2.75, 3.05) is 5.32 Å². The monoisotopic (exact) mass is 361 g/mol. The van der Waals surface area contributed by atoms with Gasteiger partial charge in [-0.05, 0) is 31.5 Å². The van der Waals surface area contributed by atoms with Crippen LogP contribution in [-0.4, -0.2) is 25.4 Å². The highest BCUT2D eigenvalue weighted by Crippen LogP contribution is 2.27. The van der Waals surface area contributed by atoms with Gasteiger partial charge in [0.25, 0.3) is 18.0 Å². The van der Waals surface area contributed by atoms with Crippen molar-refractivity contribution >= 4 is 22.9 Å². The first-order valence-corrected chi connectivity index (χ1v) is 7.47. The molecule has 0 fully saturated rings. The number of alkyl halides is 2. The van der Waals surface area contributed by atoms with Gasteiger partial charge < -0.3 is 5.32 Å². The fraction of sp³-hybridized carbons (Fsp3) is 0.188. The zero-order valence-corrected chi connectivity index (χ0v) is 13.7. The van der Waals surface area contributed by atoms with E-state index in [4.69, 9.17) is 0 Å². The van der Waals surface area contributed by atoms with E-state index < -0.39 is 22.9 Å². The molecule has 0 aliphatic rings. The van der Waals surface area contributed by atoms with Gasteiger partial charge in [-0.2, -0.15) is 5.10 Å². The van der Waals surface area contributed by atoms with E-state index in [0.29, 0.717) is 11.3 Å². The van der Waals surface area contributed by atoms with Crippen molar-refractivity contribution in [3.8, 4) is 0 Å². The van der Waals surface area contributed by atoms with Gasteiger partial charge in [-0.1, -0.05) is 6.07 Å². The molecule has 1 aromatic carbocycles. The van der Waals surface area contributed by atoms with Gasteiger partial charge in [-0.15, -0.1) is 0 Å². The molecule has 0 unspecified atom stereocenters. The Kier molecular flexibility index (Phi) is 4.33. The fourth-order valence-corrected chi connectivity index (χ4v) is 2.52. The highest BCUT2D eigenvalue weighted by molar-refractivity contribution is 6.09. The average molecular weight is 361 g/mol. The van der Waals surface area contributed by atoms with Gasteiger partial charge >= 0.3 is 0 Å². The number of amides is 1. The number of hydrogen-bond acceptors (Lipinski definition) is 5. The standard InChI is InChI=1S/C16H13F2N5O3/c1-8-3-4-11(12(5-8)23(25)26)21-16(24)10-7-19-22-13(14(17)18)6-9(2)20-15(10)22/h3-7,14H,1-2H3,(H,21,24). The Balaban J connectivity index is 2.03. The number of aromatic nitrogens is 3. The number of rotatable bonds is 4. The van der Waals surface area contributed by atoms with Crippen LogP contribution in [0.25, 0.3) is 5.65 Å². The van der Waals surface area contributed by atoms with Crippen molar-refractivity contribution < 1.29 is 18.5 Å². The van der Waals surface area contributed by atoms with Crippen LogP contribution in [0.3, 0.4) is 0 Å². The van der Waals surface area contributed by atoms with E-state index in [1.54, 1.807) is 13.0 Å². The number of carbonyl (C=O) groups is 1. The second-order valence-electron chi connectivity index (χ2n) is 5.65. The molecule has 0 aliphatic carbocycles. The average Bonchev–Trinajstić information content (AvgIpc) is 2.99. The van der Waals surface area contributed by atoms with Crippen molar-refractivity contribution in [2.24, 2.45) is 0 Å². The Morgan fingerprint density at radius 3 is 2.69 bits per heavy atom. The molecule has 0 aliphatic heterocycles. The van der Waals surface area contributed by atoms with Crippen LogP contribution in [0.5, 0.6) is 0 Å². The molecular formula is C16H13F2N5O3. The third-order valence-electron chi connectivity index (χ3n) is 3.69. The number of benzene rings is 1. The Hall–Kier alpha value is -3.43. The first-order valence-electron chi connectivity index (χ1n) is 7.47. The van der Waals surface area contributed by atoms with Crippen LogP contribution in [0.15, 0.2) is 30.5 Å². The molecule has 1 N–H and O–H groups in total. The van der Waals surface area contributed by atoms with E-state index in [-0.39, 0.29) is 22.6 Å². The molecule has 3 rings (SSSR count). The maximum Gasteiger partial charge on any atom is 0.293 e. The summed E-state index contributed by atoms with van der Waals surface area (Å²) in [6, 6.07) is 5.51. The predicted octanol–water partition coefficient (Wildman–Crippen LogP) is 3.44. The highest BCUT2D eigenvalue weighted by Gasteiger charge is 2.22. The summed E-state index contributed by atoms with van der Waals surface area (Å²) in [5.74, 6) is -0.731. The van der Waals surface area contributed by atoms with Gasteiger partial charge in [-0.3, -0.25) is 14.9 Å². The molecule has 0 saturated heterocycles. The lowest BCUT2D eigenvalue weighted by atomic mass is 10.2. The molecule has 0 spiro atoms. The van der Waals surface area contributed by atoms with Crippen LogP contribution >= 0.6 is 0 Å². The van der Waals surface area contributed by atoms with E-state index in [1.807, 2.05) is 0 Å². The summed E-state index contributed by atoms with van der Waals surface area (Å²) >= 11 is 0. The quantitative estimate of drug-likeness (QED) is 0.566. The molecular weight excluding hydrogens is 348 g/mol. The number of hydrogen-bond donors (Lipinski definition) is 1. The summed E-state index contributed by atoms with van der Waals surface area (Å²) < 4.78 is 27.2. The van der Waals surface area contributed by atoms with E-state index in [0.717, 1.165) is 10.7 Å². The topological polar surface area (TPSA) is 102 Å². The minimum Gasteiger partial charge on any atom is -0.316 e. The fourth-order valence-electron chi connectivity index (χ4n) is 2.52. The highest BCUT2D eigenvalue weighted by atomic mass is 19.3. The third-order valence-corrected chi connectivity index (χ3v) is 3.69. The van der Waals surface area contributed by atoms with Crippen molar-refractivity contribution in [1.29, 1.82) is 0 Å². The largest absolute Gasteiger partial charge is 0.316 e. The van der Waals surface area contributed by atoms with Gasteiger partial charge in [0, 0.05) is 11.8 Å². The number of nitro groups is 1. The third kappa shape index (κ3) is 3.08. The number of halogens is 2. The normalized spacial score (nSPS) is 11.1. The van der Waals surface area contributed by atoms with Crippen molar-refractivity contribution in [2.45, 2.75) is 20.3 Å². The molecule has 134 valence electrons. The van der Waals surface area contributed by atoms with Gasteiger partial charge in [0.05, 0.1) is 11.1 Å². The Labute approximate surface area is 145 Å². The van der Waals surface area contributed by atoms with Crippen LogP contribution < -0.4 is 5.32 Å². The summed E-state index contributed by atoms with van der Waals surface area (Å²) in [5.41, 5.74) is 0.165. The van der Waals surface area contributed by atoms with Crippen LogP contribution in [0, 0.1) is 24.0 Å². The molecule has 0 atom stereocenters. The number of aryl methyl sites for hydroxylation is 2. The number of nitrogens with zero attached hydrogens (tertiary/aromatic N) is 4. The van der Waals surface area contributed by atoms with Gasteiger partial charge in [0.1, 0.15) is 16.9 Å². The van der Waals surface area contributed by atoms with Crippen LogP contribution in [0.1, 0.15) is 33.7 Å². The lowest BCUT2D eigenvalue weighted by Gasteiger charge is -2.07. The van der Waals surface area contributed by atoms with Crippen molar-refractivity contribution in [3.63, 3.8) is 0 Å².